The zero-order chi connectivity index (χ0) is 14.6. The highest BCUT2D eigenvalue weighted by Gasteiger charge is 2.38. The molecule has 0 aliphatic heterocycles. The van der Waals surface area contributed by atoms with Crippen LogP contribution in [0, 0.1) is 3.57 Å². The van der Waals surface area contributed by atoms with Gasteiger partial charge in [-0.2, -0.15) is 0 Å². The monoisotopic (exact) mass is 387 g/mol. The van der Waals surface area contributed by atoms with Crippen LogP contribution in [0.15, 0.2) is 29.4 Å². The summed E-state index contributed by atoms with van der Waals surface area (Å²) in [7, 11) is 0. The van der Waals surface area contributed by atoms with Gasteiger partial charge in [0.05, 0.1) is 0 Å². The first-order valence-corrected chi connectivity index (χ1v) is 7.71. The number of nitrogens with two attached hydrogens (primary N) is 1. The number of halogens is 1. The lowest BCUT2D eigenvalue weighted by Crippen LogP contribution is -2.58. The van der Waals surface area contributed by atoms with E-state index >= 15 is 0 Å². The standard InChI is InChI=1S/C14H18IN3O2/c15-11-6-4-5-10(9-11)12(19)17-14(13(16)18-20)7-2-1-3-8-14/h4-6,9,20H,1-3,7-8H2,(H2,16,18)(H,17,19). The third kappa shape index (κ3) is 3.23. The number of carbonyl (C=O) groups is 1. The lowest BCUT2D eigenvalue weighted by Gasteiger charge is -2.36. The molecule has 1 aliphatic carbocycles. The Labute approximate surface area is 131 Å². The maximum atomic E-state index is 12.4. The Morgan fingerprint density at radius 3 is 2.65 bits per heavy atom. The Bertz CT molecular complexity index is 525. The maximum Gasteiger partial charge on any atom is 0.252 e. The van der Waals surface area contributed by atoms with Crippen LogP contribution in [-0.4, -0.2) is 22.5 Å². The zero-order valence-corrected chi connectivity index (χ0v) is 13.3. The molecule has 1 saturated carbocycles. The smallest absolute Gasteiger partial charge is 0.252 e. The molecule has 108 valence electrons. The van der Waals surface area contributed by atoms with E-state index in [1.54, 1.807) is 6.07 Å². The number of oxime groups is 1. The molecule has 5 nitrogen and oxygen atoms in total. The third-order valence-corrected chi connectivity index (χ3v) is 4.42. The van der Waals surface area contributed by atoms with Gasteiger partial charge in [-0.05, 0) is 53.6 Å². The Morgan fingerprint density at radius 2 is 2.05 bits per heavy atom. The summed E-state index contributed by atoms with van der Waals surface area (Å²) in [5.41, 5.74) is 5.70. The van der Waals surface area contributed by atoms with Crippen LogP contribution in [0.25, 0.3) is 0 Å². The summed E-state index contributed by atoms with van der Waals surface area (Å²) in [6.45, 7) is 0. The van der Waals surface area contributed by atoms with Gasteiger partial charge in [0.25, 0.3) is 5.91 Å². The fourth-order valence-corrected chi connectivity index (χ4v) is 3.16. The van der Waals surface area contributed by atoms with Crippen molar-refractivity contribution in [1.29, 1.82) is 0 Å². The molecule has 0 atom stereocenters. The minimum absolute atomic E-state index is 0.0937. The van der Waals surface area contributed by atoms with E-state index in [0.717, 1.165) is 22.8 Å². The number of hydrogen-bond acceptors (Lipinski definition) is 3. The third-order valence-electron chi connectivity index (χ3n) is 3.74. The van der Waals surface area contributed by atoms with Crippen LogP contribution < -0.4 is 11.1 Å². The molecule has 1 fully saturated rings. The molecule has 0 saturated heterocycles. The molecule has 0 radical (unpaired) electrons. The van der Waals surface area contributed by atoms with E-state index < -0.39 is 5.54 Å². The van der Waals surface area contributed by atoms with E-state index in [1.807, 2.05) is 18.2 Å². The van der Waals surface area contributed by atoms with Crippen LogP contribution in [0.1, 0.15) is 42.5 Å². The van der Waals surface area contributed by atoms with Crippen molar-refractivity contribution in [2.45, 2.75) is 37.6 Å². The van der Waals surface area contributed by atoms with Crippen molar-refractivity contribution in [2.24, 2.45) is 10.9 Å². The van der Waals surface area contributed by atoms with Crippen molar-refractivity contribution < 1.29 is 10.0 Å². The fourth-order valence-electron chi connectivity index (χ4n) is 2.62. The Hall–Kier alpha value is -1.31. The van der Waals surface area contributed by atoms with E-state index in [1.165, 1.54) is 0 Å². The summed E-state index contributed by atoms with van der Waals surface area (Å²) >= 11 is 2.17. The minimum Gasteiger partial charge on any atom is -0.409 e. The van der Waals surface area contributed by atoms with Gasteiger partial charge in [0.15, 0.2) is 5.84 Å². The number of benzene rings is 1. The van der Waals surface area contributed by atoms with Gasteiger partial charge >= 0.3 is 0 Å². The summed E-state index contributed by atoms with van der Waals surface area (Å²) in [6, 6.07) is 7.35. The molecule has 4 N–H and O–H groups in total. The first-order chi connectivity index (χ1) is 9.57. The quantitative estimate of drug-likeness (QED) is 0.245. The highest BCUT2D eigenvalue weighted by atomic mass is 127. The Balaban J connectivity index is 2.22. The van der Waals surface area contributed by atoms with Crippen molar-refractivity contribution in [2.75, 3.05) is 0 Å². The van der Waals surface area contributed by atoms with E-state index in [4.69, 9.17) is 10.9 Å². The van der Waals surface area contributed by atoms with Gasteiger partial charge in [-0.25, -0.2) is 0 Å². The molecule has 0 bridgehead atoms. The highest BCUT2D eigenvalue weighted by molar-refractivity contribution is 14.1. The molecule has 1 aliphatic rings. The second-order valence-electron chi connectivity index (χ2n) is 5.09. The first kappa shape index (κ1) is 15.1. The van der Waals surface area contributed by atoms with Gasteiger partial charge in [0, 0.05) is 9.13 Å². The average molecular weight is 387 g/mol. The topological polar surface area (TPSA) is 87.7 Å². The van der Waals surface area contributed by atoms with Gasteiger partial charge in [-0.1, -0.05) is 30.5 Å². The summed E-state index contributed by atoms with van der Waals surface area (Å²) in [5.74, 6) is -0.0896. The van der Waals surface area contributed by atoms with Crippen LogP contribution in [0.3, 0.4) is 0 Å². The summed E-state index contributed by atoms with van der Waals surface area (Å²) < 4.78 is 0.997. The average Bonchev–Trinajstić information content (AvgIpc) is 2.47. The van der Waals surface area contributed by atoms with Gasteiger partial charge < -0.3 is 16.3 Å². The predicted molar refractivity (Wildman–Crippen MR) is 85.9 cm³/mol. The van der Waals surface area contributed by atoms with Crippen molar-refractivity contribution in [3.8, 4) is 0 Å². The van der Waals surface area contributed by atoms with Crippen LogP contribution in [-0.2, 0) is 0 Å². The van der Waals surface area contributed by atoms with Gasteiger partial charge in [-0.15, -0.1) is 0 Å². The van der Waals surface area contributed by atoms with Crippen LogP contribution in [0.2, 0.25) is 0 Å². The van der Waals surface area contributed by atoms with E-state index in [-0.39, 0.29) is 11.7 Å². The van der Waals surface area contributed by atoms with Crippen molar-refractivity contribution in [1.82, 2.24) is 5.32 Å². The molecule has 0 spiro atoms. The lowest BCUT2D eigenvalue weighted by molar-refractivity contribution is 0.0905. The number of nitrogens with one attached hydrogen (secondary N) is 1. The summed E-state index contributed by atoms with van der Waals surface area (Å²) in [6.07, 6.45) is 4.45. The minimum atomic E-state index is -0.717. The summed E-state index contributed by atoms with van der Waals surface area (Å²) in [4.78, 5) is 12.4. The van der Waals surface area contributed by atoms with Gasteiger partial charge in [0.1, 0.15) is 5.54 Å². The van der Waals surface area contributed by atoms with Crippen molar-refractivity contribution >= 4 is 34.3 Å². The molecule has 1 amide bonds. The van der Waals surface area contributed by atoms with Crippen LogP contribution in [0.4, 0.5) is 0 Å². The predicted octanol–water partition coefficient (Wildman–Crippen LogP) is 2.47. The fraction of sp³-hybridized carbons (Fsp3) is 0.429. The van der Waals surface area contributed by atoms with Crippen molar-refractivity contribution in [3.05, 3.63) is 33.4 Å². The second-order valence-corrected chi connectivity index (χ2v) is 6.34. The molecule has 1 aromatic rings. The normalized spacial score (nSPS) is 18.6. The second kappa shape index (κ2) is 6.43. The number of nitrogens with zero attached hydrogens (tertiary/aromatic N) is 1. The Kier molecular flexibility index (Phi) is 4.85. The molecule has 1 aromatic carbocycles. The molecular formula is C14H18IN3O2. The molecule has 0 heterocycles. The van der Waals surface area contributed by atoms with Gasteiger partial charge in [-0.3, -0.25) is 4.79 Å². The largest absolute Gasteiger partial charge is 0.409 e. The number of amidine groups is 1. The molecular weight excluding hydrogens is 369 g/mol. The van der Waals surface area contributed by atoms with Crippen LogP contribution in [0.5, 0.6) is 0 Å². The SMILES string of the molecule is N/C(=N/O)C1(NC(=O)c2cccc(I)c2)CCCCC1. The molecule has 0 unspecified atom stereocenters. The lowest BCUT2D eigenvalue weighted by atomic mass is 9.80. The highest BCUT2D eigenvalue weighted by Crippen LogP contribution is 2.29. The van der Waals surface area contributed by atoms with Gasteiger partial charge in [0.2, 0.25) is 0 Å². The van der Waals surface area contributed by atoms with Crippen molar-refractivity contribution in [3.63, 3.8) is 0 Å². The van der Waals surface area contributed by atoms with Crippen LogP contribution >= 0.6 is 22.6 Å². The summed E-state index contributed by atoms with van der Waals surface area (Å²) in [5, 5.41) is 15.1. The maximum absolute atomic E-state index is 12.4. The number of hydrogen-bond donors (Lipinski definition) is 3. The molecule has 6 heteroatoms. The molecule has 20 heavy (non-hydrogen) atoms. The zero-order valence-electron chi connectivity index (χ0n) is 11.1. The Morgan fingerprint density at radius 1 is 1.35 bits per heavy atom. The first-order valence-electron chi connectivity index (χ1n) is 6.63. The van der Waals surface area contributed by atoms with E-state index in [0.29, 0.717) is 18.4 Å². The molecule has 0 aromatic heterocycles. The van der Waals surface area contributed by atoms with E-state index in [9.17, 15) is 4.79 Å². The molecule has 2 rings (SSSR count). The number of amides is 1. The number of carbonyl (C=O) groups excluding carboxylic acids is 1. The van der Waals surface area contributed by atoms with E-state index in [2.05, 4.69) is 33.1 Å². The number of rotatable bonds is 3.